The minimum absolute atomic E-state index is 0.188. The highest BCUT2D eigenvalue weighted by molar-refractivity contribution is 7.71. The van der Waals surface area contributed by atoms with Crippen LogP contribution in [0, 0.1) is 4.77 Å². The summed E-state index contributed by atoms with van der Waals surface area (Å²) in [6, 6.07) is -0.654. The molecule has 0 fully saturated rings. The third-order valence-electron chi connectivity index (χ3n) is 1.62. The van der Waals surface area contributed by atoms with E-state index in [1.54, 1.807) is 0 Å². The van der Waals surface area contributed by atoms with E-state index in [0.717, 1.165) is 0 Å². The predicted octanol–water partition coefficient (Wildman–Crippen LogP) is 0.298. The molecule has 0 spiro atoms. The summed E-state index contributed by atoms with van der Waals surface area (Å²) in [5.74, 6) is 0.277. The molecule has 2 rings (SSSR count). The average Bonchev–Trinajstić information content (AvgIpc) is 2.39. The number of H-pyrrole nitrogens is 2. The van der Waals surface area contributed by atoms with Crippen LogP contribution in [0.4, 0.5) is 5.82 Å². The molecule has 0 unspecified atom stereocenters. The highest BCUT2D eigenvalue weighted by atomic mass is 32.1. The fourth-order valence-corrected chi connectivity index (χ4v) is 1.24. The first-order chi connectivity index (χ1) is 5.68. The Morgan fingerprint density at radius 3 is 3.08 bits per heavy atom. The molecule has 1 aromatic heterocycles. The molecular formula is C6H6N4OS. The van der Waals surface area contributed by atoms with E-state index in [4.69, 9.17) is 18.0 Å². The number of hydrogen-bond donors (Lipinski definition) is 3. The Kier molecular flexibility index (Phi) is 1.45. The van der Waals surface area contributed by atoms with Crippen LogP contribution in [0.15, 0.2) is 4.99 Å². The van der Waals surface area contributed by atoms with Gasteiger partial charge in [0.25, 0.3) is 0 Å². The SMILES string of the molecule is N[C@@H]1C=Nc2[nH]c(=S)[nH]c2C1=O. The summed E-state index contributed by atoms with van der Waals surface area (Å²) in [6.45, 7) is 0. The van der Waals surface area contributed by atoms with Gasteiger partial charge in [0, 0.05) is 6.21 Å². The van der Waals surface area contributed by atoms with E-state index in [1.807, 2.05) is 0 Å². The van der Waals surface area contributed by atoms with Crippen LogP contribution < -0.4 is 5.73 Å². The molecule has 62 valence electrons. The molecule has 1 aliphatic rings. The lowest BCUT2D eigenvalue weighted by Crippen LogP contribution is -2.34. The Morgan fingerprint density at radius 1 is 1.58 bits per heavy atom. The molecule has 0 saturated heterocycles. The van der Waals surface area contributed by atoms with Gasteiger partial charge in [-0.25, -0.2) is 4.99 Å². The number of hydrogen-bond acceptors (Lipinski definition) is 4. The normalized spacial score (nSPS) is 21.1. The van der Waals surface area contributed by atoms with Crippen molar-refractivity contribution < 1.29 is 4.79 Å². The molecule has 4 N–H and O–H groups in total. The number of rotatable bonds is 0. The Bertz CT molecular complexity index is 415. The van der Waals surface area contributed by atoms with Crippen molar-refractivity contribution in [2.24, 2.45) is 10.7 Å². The van der Waals surface area contributed by atoms with E-state index in [1.165, 1.54) is 6.21 Å². The van der Waals surface area contributed by atoms with E-state index in [9.17, 15) is 4.79 Å². The van der Waals surface area contributed by atoms with Gasteiger partial charge in [-0.05, 0) is 12.2 Å². The lowest BCUT2D eigenvalue weighted by Gasteiger charge is -2.07. The molecule has 0 amide bonds. The second-order valence-corrected chi connectivity index (χ2v) is 2.88. The molecule has 0 saturated carbocycles. The maximum atomic E-state index is 11.3. The van der Waals surface area contributed by atoms with Gasteiger partial charge in [0.1, 0.15) is 11.7 Å². The molecule has 1 aliphatic heterocycles. The number of aromatic nitrogens is 2. The number of Topliss-reactive ketones (excluding diaryl/α,β-unsaturated/α-hetero) is 1. The van der Waals surface area contributed by atoms with Gasteiger partial charge in [0.15, 0.2) is 10.6 Å². The zero-order chi connectivity index (χ0) is 8.72. The number of fused-ring (bicyclic) bond motifs is 1. The quantitative estimate of drug-likeness (QED) is 0.504. The molecule has 6 heteroatoms. The standard InChI is InChI=1S/C6H6N4OS/c7-2-1-8-5-3(4(2)11)9-6(12)10-5/h1-2H,7H2,(H2,9,10,12)/t2-/m1/s1. The lowest BCUT2D eigenvalue weighted by molar-refractivity contribution is 0.0980. The van der Waals surface area contributed by atoms with E-state index in [2.05, 4.69) is 15.0 Å². The largest absolute Gasteiger partial charge is 0.326 e. The molecule has 0 aliphatic carbocycles. The van der Waals surface area contributed by atoms with E-state index < -0.39 is 6.04 Å². The number of ketones is 1. The second-order valence-electron chi connectivity index (χ2n) is 2.47. The van der Waals surface area contributed by atoms with Gasteiger partial charge in [0.2, 0.25) is 5.78 Å². The molecule has 1 atom stereocenters. The van der Waals surface area contributed by atoms with Gasteiger partial charge in [-0.2, -0.15) is 0 Å². The number of nitrogens with two attached hydrogens (primary N) is 1. The van der Waals surface area contributed by atoms with Crippen molar-refractivity contribution >= 4 is 30.0 Å². The van der Waals surface area contributed by atoms with Gasteiger partial charge < -0.3 is 15.7 Å². The summed E-state index contributed by atoms with van der Waals surface area (Å²) in [5, 5.41) is 0. The number of nitrogens with one attached hydrogen (secondary N) is 2. The third-order valence-corrected chi connectivity index (χ3v) is 1.82. The van der Waals surface area contributed by atoms with Crippen molar-refractivity contribution in [2.45, 2.75) is 6.04 Å². The smallest absolute Gasteiger partial charge is 0.205 e. The van der Waals surface area contributed by atoms with Crippen LogP contribution in [0.5, 0.6) is 0 Å². The van der Waals surface area contributed by atoms with Crippen LogP contribution >= 0.6 is 12.2 Å². The molecular weight excluding hydrogens is 176 g/mol. The minimum Gasteiger partial charge on any atom is -0.326 e. The Morgan fingerprint density at radius 2 is 2.33 bits per heavy atom. The molecule has 0 aromatic carbocycles. The Hall–Kier alpha value is -1.27. The number of aliphatic imine (C=N–C) groups is 1. The average molecular weight is 182 g/mol. The molecule has 1 aromatic rings. The fraction of sp³-hybridized carbons (Fsp3) is 0.167. The van der Waals surface area contributed by atoms with Crippen molar-refractivity contribution in [1.29, 1.82) is 0 Å². The maximum Gasteiger partial charge on any atom is 0.205 e. The van der Waals surface area contributed by atoms with Gasteiger partial charge in [-0.15, -0.1) is 0 Å². The molecule has 0 bridgehead atoms. The van der Waals surface area contributed by atoms with E-state index in [-0.39, 0.29) is 5.78 Å². The summed E-state index contributed by atoms with van der Waals surface area (Å²) in [5.41, 5.74) is 5.81. The van der Waals surface area contributed by atoms with Crippen molar-refractivity contribution in [3.63, 3.8) is 0 Å². The first-order valence-electron chi connectivity index (χ1n) is 3.35. The highest BCUT2D eigenvalue weighted by Crippen LogP contribution is 2.18. The molecule has 2 heterocycles. The summed E-state index contributed by atoms with van der Waals surface area (Å²) in [4.78, 5) is 20.7. The summed E-state index contributed by atoms with van der Waals surface area (Å²) in [7, 11) is 0. The first kappa shape index (κ1) is 7.38. The maximum absolute atomic E-state index is 11.3. The van der Waals surface area contributed by atoms with Crippen LogP contribution in [-0.4, -0.2) is 28.0 Å². The van der Waals surface area contributed by atoms with Crippen LogP contribution in [0.1, 0.15) is 10.5 Å². The number of aromatic amines is 2. The Balaban J connectivity index is 2.65. The monoisotopic (exact) mass is 182 g/mol. The second kappa shape index (κ2) is 2.36. The summed E-state index contributed by atoms with van der Waals surface area (Å²) < 4.78 is 0.389. The lowest BCUT2D eigenvalue weighted by atomic mass is 10.1. The zero-order valence-corrected chi connectivity index (χ0v) is 6.81. The summed E-state index contributed by atoms with van der Waals surface area (Å²) >= 11 is 4.79. The summed E-state index contributed by atoms with van der Waals surface area (Å²) in [6.07, 6.45) is 1.39. The highest BCUT2D eigenvalue weighted by Gasteiger charge is 2.23. The van der Waals surface area contributed by atoms with Gasteiger partial charge in [-0.3, -0.25) is 4.79 Å². The number of carbonyl (C=O) groups excluding carboxylic acids is 1. The van der Waals surface area contributed by atoms with Gasteiger partial charge in [0.05, 0.1) is 0 Å². The van der Waals surface area contributed by atoms with Crippen molar-refractivity contribution in [1.82, 2.24) is 9.97 Å². The fourth-order valence-electron chi connectivity index (χ4n) is 1.04. The predicted molar refractivity (Wildman–Crippen MR) is 46.4 cm³/mol. The van der Waals surface area contributed by atoms with Crippen molar-refractivity contribution in [3.8, 4) is 0 Å². The minimum atomic E-state index is -0.654. The zero-order valence-electron chi connectivity index (χ0n) is 6.00. The van der Waals surface area contributed by atoms with Gasteiger partial charge in [-0.1, -0.05) is 0 Å². The third kappa shape index (κ3) is 0.926. The van der Waals surface area contributed by atoms with E-state index >= 15 is 0 Å². The first-order valence-corrected chi connectivity index (χ1v) is 3.75. The topological polar surface area (TPSA) is 87.0 Å². The molecule has 12 heavy (non-hydrogen) atoms. The number of nitrogens with zero attached hydrogens (tertiary/aromatic N) is 1. The van der Waals surface area contributed by atoms with Crippen LogP contribution in [-0.2, 0) is 0 Å². The molecule has 5 nitrogen and oxygen atoms in total. The molecule has 0 radical (unpaired) electrons. The van der Waals surface area contributed by atoms with Crippen LogP contribution in [0.25, 0.3) is 0 Å². The van der Waals surface area contributed by atoms with Crippen molar-refractivity contribution in [2.75, 3.05) is 0 Å². The number of imidazole rings is 1. The van der Waals surface area contributed by atoms with E-state index in [0.29, 0.717) is 16.3 Å². The van der Waals surface area contributed by atoms with Crippen molar-refractivity contribution in [3.05, 3.63) is 10.5 Å². The van der Waals surface area contributed by atoms with Crippen LogP contribution in [0.3, 0.4) is 0 Å². The van der Waals surface area contributed by atoms with Gasteiger partial charge >= 0.3 is 0 Å². The van der Waals surface area contributed by atoms with Crippen LogP contribution in [0.2, 0.25) is 0 Å². The Labute approximate surface area is 72.7 Å². The number of carbonyl (C=O) groups is 1.